The van der Waals surface area contributed by atoms with Crippen molar-refractivity contribution < 1.29 is 9.53 Å². The first-order valence-electron chi connectivity index (χ1n) is 4.90. The Labute approximate surface area is 84.9 Å². The Balaban J connectivity index is 2.87. The van der Waals surface area contributed by atoms with Gasteiger partial charge in [-0.2, -0.15) is 0 Å². The summed E-state index contributed by atoms with van der Waals surface area (Å²) in [4.78, 5) is 10.8. The van der Waals surface area contributed by atoms with Gasteiger partial charge in [-0.15, -0.1) is 0 Å². The molecule has 1 unspecified atom stereocenters. The topological polar surface area (TPSA) is 26.3 Å². The van der Waals surface area contributed by atoms with Crippen molar-refractivity contribution in [3.8, 4) is 0 Å². The molecule has 2 heteroatoms. The van der Waals surface area contributed by atoms with Crippen LogP contribution in [0.2, 0.25) is 0 Å². The lowest BCUT2D eigenvalue weighted by Crippen LogP contribution is -2.06. The third-order valence-corrected chi connectivity index (χ3v) is 2.22. The van der Waals surface area contributed by atoms with Crippen LogP contribution >= 0.6 is 0 Å². The lowest BCUT2D eigenvalue weighted by atomic mass is 10.0. The van der Waals surface area contributed by atoms with Crippen molar-refractivity contribution in [2.75, 3.05) is 0 Å². The molecule has 1 aromatic carbocycles. The SMILES string of the molecule is CCc1ccccc1C(C)OC(C)=O. The lowest BCUT2D eigenvalue weighted by molar-refractivity contribution is -0.145. The van der Waals surface area contributed by atoms with Gasteiger partial charge in [-0.3, -0.25) is 4.79 Å². The molecule has 1 aromatic rings. The summed E-state index contributed by atoms with van der Waals surface area (Å²) in [5.41, 5.74) is 2.34. The minimum absolute atomic E-state index is 0.149. The van der Waals surface area contributed by atoms with E-state index in [2.05, 4.69) is 13.0 Å². The number of hydrogen-bond donors (Lipinski definition) is 0. The van der Waals surface area contributed by atoms with Gasteiger partial charge in [0.05, 0.1) is 0 Å². The Morgan fingerprint density at radius 2 is 2.07 bits per heavy atom. The zero-order valence-corrected chi connectivity index (χ0v) is 8.91. The number of carbonyl (C=O) groups excluding carboxylic acids is 1. The predicted molar refractivity (Wildman–Crippen MR) is 56.0 cm³/mol. The number of esters is 1. The van der Waals surface area contributed by atoms with E-state index in [-0.39, 0.29) is 12.1 Å². The highest BCUT2D eigenvalue weighted by Crippen LogP contribution is 2.21. The van der Waals surface area contributed by atoms with Crippen LogP contribution in [0.4, 0.5) is 0 Å². The molecule has 0 aromatic heterocycles. The molecule has 0 saturated heterocycles. The van der Waals surface area contributed by atoms with E-state index in [9.17, 15) is 4.79 Å². The second kappa shape index (κ2) is 4.80. The Morgan fingerprint density at radius 3 is 2.64 bits per heavy atom. The molecule has 76 valence electrons. The van der Waals surface area contributed by atoms with Gasteiger partial charge in [0.15, 0.2) is 0 Å². The summed E-state index contributed by atoms with van der Waals surface area (Å²) in [6.45, 7) is 5.43. The second-order valence-electron chi connectivity index (χ2n) is 3.30. The standard InChI is InChI=1S/C12H16O2/c1-4-11-7-5-6-8-12(11)9(2)14-10(3)13/h5-9H,4H2,1-3H3. The van der Waals surface area contributed by atoms with Crippen LogP contribution in [0.1, 0.15) is 38.0 Å². The molecule has 0 amide bonds. The number of carbonyl (C=O) groups is 1. The molecule has 0 fully saturated rings. The average molecular weight is 192 g/mol. The van der Waals surface area contributed by atoms with Crippen LogP contribution in [-0.2, 0) is 16.0 Å². The number of ether oxygens (including phenoxy) is 1. The number of hydrogen-bond acceptors (Lipinski definition) is 2. The number of benzene rings is 1. The monoisotopic (exact) mass is 192 g/mol. The molecule has 2 nitrogen and oxygen atoms in total. The van der Waals surface area contributed by atoms with Crippen LogP contribution in [0, 0.1) is 0 Å². The quantitative estimate of drug-likeness (QED) is 0.688. The first-order chi connectivity index (χ1) is 6.65. The normalized spacial score (nSPS) is 12.2. The maximum absolute atomic E-state index is 10.8. The van der Waals surface area contributed by atoms with E-state index < -0.39 is 0 Å². The van der Waals surface area contributed by atoms with Crippen molar-refractivity contribution in [1.82, 2.24) is 0 Å². The minimum Gasteiger partial charge on any atom is -0.458 e. The summed E-state index contributed by atoms with van der Waals surface area (Å²) < 4.78 is 5.14. The van der Waals surface area contributed by atoms with Gasteiger partial charge in [0, 0.05) is 6.92 Å². The minimum atomic E-state index is -0.233. The summed E-state index contributed by atoms with van der Waals surface area (Å²) >= 11 is 0. The highest BCUT2D eigenvalue weighted by molar-refractivity contribution is 5.66. The maximum atomic E-state index is 10.8. The average Bonchev–Trinajstić information content (AvgIpc) is 2.16. The van der Waals surface area contributed by atoms with Gasteiger partial charge in [0.25, 0.3) is 0 Å². The Bertz CT molecular complexity index is 318. The molecule has 0 N–H and O–H groups in total. The molecular weight excluding hydrogens is 176 g/mol. The molecule has 0 heterocycles. The van der Waals surface area contributed by atoms with Crippen LogP contribution < -0.4 is 0 Å². The van der Waals surface area contributed by atoms with Crippen molar-refractivity contribution in [2.24, 2.45) is 0 Å². The van der Waals surface area contributed by atoms with Crippen LogP contribution in [-0.4, -0.2) is 5.97 Å². The van der Waals surface area contributed by atoms with E-state index in [1.165, 1.54) is 12.5 Å². The second-order valence-corrected chi connectivity index (χ2v) is 3.30. The van der Waals surface area contributed by atoms with Crippen LogP contribution in [0.15, 0.2) is 24.3 Å². The van der Waals surface area contributed by atoms with Crippen LogP contribution in [0.5, 0.6) is 0 Å². The van der Waals surface area contributed by atoms with Gasteiger partial charge in [-0.1, -0.05) is 31.2 Å². The first-order valence-corrected chi connectivity index (χ1v) is 4.90. The van der Waals surface area contributed by atoms with Crippen LogP contribution in [0.25, 0.3) is 0 Å². The fraction of sp³-hybridized carbons (Fsp3) is 0.417. The Morgan fingerprint density at radius 1 is 1.43 bits per heavy atom. The van der Waals surface area contributed by atoms with Crippen molar-refractivity contribution in [1.29, 1.82) is 0 Å². The Hall–Kier alpha value is -1.31. The zero-order valence-electron chi connectivity index (χ0n) is 8.91. The first kappa shape index (κ1) is 10.8. The summed E-state index contributed by atoms with van der Waals surface area (Å²) in [6, 6.07) is 8.04. The lowest BCUT2D eigenvalue weighted by Gasteiger charge is -2.15. The smallest absolute Gasteiger partial charge is 0.303 e. The third-order valence-electron chi connectivity index (χ3n) is 2.22. The van der Waals surface area contributed by atoms with E-state index in [1.54, 1.807) is 0 Å². The summed E-state index contributed by atoms with van der Waals surface area (Å²) in [6.07, 6.45) is 0.811. The molecule has 0 aliphatic heterocycles. The summed E-state index contributed by atoms with van der Waals surface area (Å²) in [5, 5.41) is 0. The summed E-state index contributed by atoms with van der Waals surface area (Å²) in [5.74, 6) is -0.233. The van der Waals surface area contributed by atoms with Gasteiger partial charge in [0.1, 0.15) is 6.10 Å². The fourth-order valence-electron chi connectivity index (χ4n) is 1.57. The molecule has 1 rings (SSSR count). The van der Waals surface area contributed by atoms with Gasteiger partial charge < -0.3 is 4.74 Å². The van der Waals surface area contributed by atoms with Crippen molar-refractivity contribution >= 4 is 5.97 Å². The van der Waals surface area contributed by atoms with E-state index in [4.69, 9.17) is 4.74 Å². The molecule has 0 aliphatic carbocycles. The number of aryl methyl sites for hydroxylation is 1. The van der Waals surface area contributed by atoms with E-state index in [0.29, 0.717) is 0 Å². The molecule has 14 heavy (non-hydrogen) atoms. The molecule has 0 saturated carbocycles. The Kier molecular flexibility index (Phi) is 3.69. The summed E-state index contributed by atoms with van der Waals surface area (Å²) in [7, 11) is 0. The van der Waals surface area contributed by atoms with E-state index in [1.807, 2.05) is 25.1 Å². The molecule has 0 radical (unpaired) electrons. The van der Waals surface area contributed by atoms with Crippen LogP contribution in [0.3, 0.4) is 0 Å². The maximum Gasteiger partial charge on any atom is 0.303 e. The fourth-order valence-corrected chi connectivity index (χ4v) is 1.57. The van der Waals surface area contributed by atoms with E-state index >= 15 is 0 Å². The van der Waals surface area contributed by atoms with Crippen molar-refractivity contribution in [2.45, 2.75) is 33.3 Å². The van der Waals surface area contributed by atoms with Crippen molar-refractivity contribution in [3.05, 3.63) is 35.4 Å². The molecule has 0 bridgehead atoms. The van der Waals surface area contributed by atoms with Gasteiger partial charge in [0.2, 0.25) is 0 Å². The third kappa shape index (κ3) is 2.59. The molecule has 0 spiro atoms. The molecule has 1 atom stereocenters. The van der Waals surface area contributed by atoms with Crippen molar-refractivity contribution in [3.63, 3.8) is 0 Å². The predicted octanol–water partition coefficient (Wildman–Crippen LogP) is 2.87. The highest BCUT2D eigenvalue weighted by atomic mass is 16.5. The zero-order chi connectivity index (χ0) is 10.6. The number of rotatable bonds is 3. The largest absolute Gasteiger partial charge is 0.458 e. The van der Waals surface area contributed by atoms with Gasteiger partial charge in [-0.25, -0.2) is 0 Å². The van der Waals surface area contributed by atoms with Gasteiger partial charge >= 0.3 is 5.97 Å². The highest BCUT2D eigenvalue weighted by Gasteiger charge is 2.11. The van der Waals surface area contributed by atoms with E-state index in [0.717, 1.165) is 12.0 Å². The molecular formula is C12H16O2. The molecule has 0 aliphatic rings. The van der Waals surface area contributed by atoms with Gasteiger partial charge in [-0.05, 0) is 24.5 Å².